The predicted octanol–water partition coefficient (Wildman–Crippen LogP) is 2.88. The highest BCUT2D eigenvalue weighted by atomic mass is 35.5. The smallest absolute Gasteiger partial charge is 0.368 e. The number of nitrogens with zero attached hydrogens (tertiary/aromatic N) is 5. The minimum Gasteiger partial charge on any atom is -0.487 e. The Labute approximate surface area is 166 Å². The van der Waals surface area contributed by atoms with Crippen molar-refractivity contribution in [3.05, 3.63) is 68.6 Å². The number of oxime groups is 1. The quantitative estimate of drug-likeness (QED) is 0.468. The third kappa shape index (κ3) is 3.91. The first-order valence-corrected chi connectivity index (χ1v) is 8.88. The fourth-order valence-electron chi connectivity index (χ4n) is 2.72. The van der Waals surface area contributed by atoms with Gasteiger partial charge in [-0.15, -0.1) is 0 Å². The fourth-order valence-corrected chi connectivity index (χ4v) is 2.96. The lowest BCUT2D eigenvalue weighted by atomic mass is 10.1. The Bertz CT molecular complexity index is 1090. The van der Waals surface area contributed by atoms with Crippen LogP contribution >= 0.6 is 11.6 Å². The number of tetrazole rings is 1. The predicted molar refractivity (Wildman–Crippen MR) is 106 cm³/mol. The van der Waals surface area contributed by atoms with Gasteiger partial charge in [-0.25, -0.2) is 4.79 Å². The van der Waals surface area contributed by atoms with Crippen LogP contribution in [-0.4, -0.2) is 32.6 Å². The van der Waals surface area contributed by atoms with E-state index in [9.17, 15) is 4.79 Å². The van der Waals surface area contributed by atoms with E-state index in [-0.39, 0.29) is 12.3 Å². The van der Waals surface area contributed by atoms with Crippen molar-refractivity contribution in [2.24, 2.45) is 12.2 Å². The minimum atomic E-state index is -0.331. The van der Waals surface area contributed by atoms with Crippen LogP contribution in [0.5, 0.6) is 5.75 Å². The Morgan fingerprint density at radius 2 is 2.04 bits per heavy atom. The SMILES string of the molecule is CON=C(C)c1ccc(OCc2c(C)cccc2-n2nnn(C)c2=O)c(Cl)c1. The molecule has 0 radical (unpaired) electrons. The first-order valence-electron chi connectivity index (χ1n) is 8.50. The van der Waals surface area contributed by atoms with Crippen LogP contribution in [0.4, 0.5) is 0 Å². The molecule has 0 unspecified atom stereocenters. The van der Waals surface area contributed by atoms with Gasteiger partial charge in [0.15, 0.2) is 0 Å². The number of halogens is 1. The van der Waals surface area contributed by atoms with Crippen LogP contribution in [0.3, 0.4) is 0 Å². The van der Waals surface area contributed by atoms with Crippen LogP contribution in [0.15, 0.2) is 46.3 Å². The van der Waals surface area contributed by atoms with Crippen molar-refractivity contribution < 1.29 is 9.57 Å². The molecule has 3 aromatic rings. The zero-order chi connectivity index (χ0) is 20.3. The molecule has 1 heterocycles. The molecular weight excluding hydrogens is 382 g/mol. The van der Waals surface area contributed by atoms with E-state index in [1.54, 1.807) is 25.2 Å². The Balaban J connectivity index is 1.89. The van der Waals surface area contributed by atoms with Gasteiger partial charge in [0.05, 0.1) is 16.4 Å². The van der Waals surface area contributed by atoms with E-state index in [1.807, 2.05) is 32.0 Å². The summed E-state index contributed by atoms with van der Waals surface area (Å²) in [5.41, 5.74) is 3.62. The van der Waals surface area contributed by atoms with E-state index in [0.29, 0.717) is 22.2 Å². The van der Waals surface area contributed by atoms with E-state index in [1.165, 1.54) is 16.5 Å². The molecule has 8 nitrogen and oxygen atoms in total. The molecule has 0 amide bonds. The van der Waals surface area contributed by atoms with Crippen LogP contribution in [0.2, 0.25) is 5.02 Å². The Morgan fingerprint density at radius 1 is 1.25 bits per heavy atom. The molecule has 0 aliphatic heterocycles. The van der Waals surface area contributed by atoms with Gasteiger partial charge in [-0.3, -0.25) is 0 Å². The van der Waals surface area contributed by atoms with Gasteiger partial charge in [0, 0.05) is 18.2 Å². The minimum absolute atomic E-state index is 0.217. The van der Waals surface area contributed by atoms with Crippen LogP contribution < -0.4 is 10.4 Å². The standard InChI is InChI=1S/C19H20ClN5O3/c1-12-6-5-7-17(25-19(26)24(3)22-23-25)15(12)11-28-18-9-8-14(10-16(18)20)13(2)21-27-4/h5-10H,11H2,1-4H3. The molecule has 0 N–H and O–H groups in total. The number of hydrogen-bond donors (Lipinski definition) is 0. The van der Waals surface area contributed by atoms with E-state index < -0.39 is 0 Å². The summed E-state index contributed by atoms with van der Waals surface area (Å²) in [4.78, 5) is 17.0. The Hall–Kier alpha value is -3.13. The molecule has 0 saturated heterocycles. The van der Waals surface area contributed by atoms with Crippen molar-refractivity contribution in [2.45, 2.75) is 20.5 Å². The molecule has 0 spiro atoms. The van der Waals surface area contributed by atoms with Gasteiger partial charge < -0.3 is 9.57 Å². The first kappa shape index (κ1) is 19.6. The van der Waals surface area contributed by atoms with E-state index >= 15 is 0 Å². The maximum atomic E-state index is 12.2. The van der Waals surface area contributed by atoms with Crippen molar-refractivity contribution in [3.8, 4) is 11.4 Å². The highest BCUT2D eigenvalue weighted by Gasteiger charge is 2.14. The summed E-state index contributed by atoms with van der Waals surface area (Å²) >= 11 is 6.36. The molecule has 1 aromatic heterocycles. The molecule has 0 aliphatic rings. The first-order chi connectivity index (χ1) is 13.4. The second kappa shape index (κ2) is 8.26. The molecule has 2 aromatic carbocycles. The van der Waals surface area contributed by atoms with Crippen LogP contribution in [0.1, 0.15) is 23.6 Å². The number of hydrogen-bond acceptors (Lipinski definition) is 6. The average Bonchev–Trinajstić information content (AvgIpc) is 3.00. The zero-order valence-corrected chi connectivity index (χ0v) is 16.8. The topological polar surface area (TPSA) is 83.5 Å². The van der Waals surface area contributed by atoms with E-state index in [0.717, 1.165) is 16.7 Å². The highest BCUT2D eigenvalue weighted by molar-refractivity contribution is 6.32. The number of aryl methyl sites for hydroxylation is 2. The van der Waals surface area contributed by atoms with Crippen LogP contribution in [0.25, 0.3) is 5.69 Å². The summed E-state index contributed by atoms with van der Waals surface area (Å²) < 4.78 is 8.36. The third-order valence-electron chi connectivity index (χ3n) is 4.29. The molecule has 146 valence electrons. The van der Waals surface area contributed by atoms with Gasteiger partial charge in [0.25, 0.3) is 0 Å². The summed E-state index contributed by atoms with van der Waals surface area (Å²) in [6.07, 6.45) is 0. The molecule has 0 bridgehead atoms. The van der Waals surface area contributed by atoms with Gasteiger partial charge in [-0.2, -0.15) is 9.36 Å². The normalized spacial score (nSPS) is 11.5. The molecule has 0 saturated carbocycles. The average molecular weight is 402 g/mol. The second-order valence-corrected chi connectivity index (χ2v) is 6.57. The van der Waals surface area contributed by atoms with Crippen molar-refractivity contribution in [1.29, 1.82) is 0 Å². The van der Waals surface area contributed by atoms with Crippen molar-refractivity contribution in [2.75, 3.05) is 7.11 Å². The fraction of sp³-hybridized carbons (Fsp3) is 0.263. The van der Waals surface area contributed by atoms with E-state index in [2.05, 4.69) is 15.6 Å². The number of aromatic nitrogens is 4. The molecule has 28 heavy (non-hydrogen) atoms. The summed E-state index contributed by atoms with van der Waals surface area (Å²) in [6, 6.07) is 11.0. The lowest BCUT2D eigenvalue weighted by Gasteiger charge is -2.14. The van der Waals surface area contributed by atoms with Crippen molar-refractivity contribution >= 4 is 17.3 Å². The number of rotatable bonds is 6. The van der Waals surface area contributed by atoms with Gasteiger partial charge in [0.1, 0.15) is 19.5 Å². The molecular formula is C19H20ClN5O3. The van der Waals surface area contributed by atoms with Crippen molar-refractivity contribution in [3.63, 3.8) is 0 Å². The molecule has 0 fully saturated rings. The van der Waals surface area contributed by atoms with Crippen LogP contribution in [0, 0.1) is 6.92 Å². The summed E-state index contributed by atoms with van der Waals surface area (Å²) in [6.45, 7) is 3.99. The monoisotopic (exact) mass is 401 g/mol. The lowest BCUT2D eigenvalue weighted by Crippen LogP contribution is -2.23. The number of benzene rings is 2. The summed E-state index contributed by atoms with van der Waals surface area (Å²) in [7, 11) is 3.04. The van der Waals surface area contributed by atoms with Gasteiger partial charge >= 0.3 is 5.69 Å². The zero-order valence-electron chi connectivity index (χ0n) is 16.0. The molecule has 0 atom stereocenters. The van der Waals surface area contributed by atoms with E-state index in [4.69, 9.17) is 21.2 Å². The highest BCUT2D eigenvalue weighted by Crippen LogP contribution is 2.28. The van der Waals surface area contributed by atoms with Gasteiger partial charge in [-0.05, 0) is 54.1 Å². The molecule has 0 aliphatic carbocycles. The molecule has 3 rings (SSSR count). The Morgan fingerprint density at radius 3 is 2.68 bits per heavy atom. The van der Waals surface area contributed by atoms with Crippen LogP contribution in [-0.2, 0) is 18.5 Å². The maximum absolute atomic E-state index is 12.2. The number of ether oxygens (including phenoxy) is 1. The maximum Gasteiger partial charge on any atom is 0.368 e. The summed E-state index contributed by atoms with van der Waals surface area (Å²) in [5.74, 6) is 0.524. The molecule has 9 heteroatoms. The largest absolute Gasteiger partial charge is 0.487 e. The Kier molecular flexibility index (Phi) is 5.79. The van der Waals surface area contributed by atoms with Crippen molar-refractivity contribution in [1.82, 2.24) is 19.8 Å². The third-order valence-corrected chi connectivity index (χ3v) is 4.58. The lowest BCUT2D eigenvalue weighted by molar-refractivity contribution is 0.213. The van der Waals surface area contributed by atoms with Gasteiger partial charge in [0.2, 0.25) is 0 Å². The van der Waals surface area contributed by atoms with Gasteiger partial charge in [-0.1, -0.05) is 28.9 Å². The second-order valence-electron chi connectivity index (χ2n) is 6.16. The summed E-state index contributed by atoms with van der Waals surface area (Å²) in [5, 5.41) is 12.0.